The van der Waals surface area contributed by atoms with Gasteiger partial charge < -0.3 is 5.11 Å². The second-order valence-corrected chi connectivity index (χ2v) is 6.05. The molecule has 98 valence electrons. The van der Waals surface area contributed by atoms with Gasteiger partial charge in [0.1, 0.15) is 0 Å². The highest BCUT2D eigenvalue weighted by molar-refractivity contribution is 7.87. The van der Waals surface area contributed by atoms with Crippen LogP contribution < -0.4 is 0 Å². The molecular formula is C11H24O4S. The van der Waals surface area contributed by atoms with Gasteiger partial charge in [-0.1, -0.05) is 39.5 Å². The van der Waals surface area contributed by atoms with Crippen molar-refractivity contribution in [2.45, 2.75) is 70.1 Å². The Bertz CT molecular complexity index is 274. The SMILES string of the molecule is CCCCCCC(O)(CCCC)S(=O)(=O)O. The van der Waals surface area contributed by atoms with E-state index >= 15 is 0 Å². The minimum atomic E-state index is -4.37. The van der Waals surface area contributed by atoms with Crippen LogP contribution in [0.4, 0.5) is 0 Å². The third kappa shape index (κ3) is 5.27. The first kappa shape index (κ1) is 15.9. The molecule has 0 aromatic carbocycles. The highest BCUT2D eigenvalue weighted by Crippen LogP contribution is 2.27. The lowest BCUT2D eigenvalue weighted by atomic mass is 10.0. The highest BCUT2D eigenvalue weighted by atomic mass is 32.2. The van der Waals surface area contributed by atoms with Crippen LogP contribution in [0.15, 0.2) is 0 Å². The molecule has 0 rings (SSSR count). The summed E-state index contributed by atoms with van der Waals surface area (Å²) < 4.78 is 31.3. The van der Waals surface area contributed by atoms with E-state index in [-0.39, 0.29) is 12.8 Å². The molecule has 0 saturated carbocycles. The van der Waals surface area contributed by atoms with Crippen molar-refractivity contribution in [1.82, 2.24) is 0 Å². The van der Waals surface area contributed by atoms with Crippen LogP contribution in [0.25, 0.3) is 0 Å². The number of rotatable bonds is 9. The minimum absolute atomic E-state index is 0.120. The van der Waals surface area contributed by atoms with Gasteiger partial charge in [-0.2, -0.15) is 8.42 Å². The Labute approximate surface area is 98.8 Å². The van der Waals surface area contributed by atoms with E-state index < -0.39 is 15.1 Å². The van der Waals surface area contributed by atoms with Crippen molar-refractivity contribution in [3.63, 3.8) is 0 Å². The van der Waals surface area contributed by atoms with Crippen molar-refractivity contribution >= 4 is 10.1 Å². The van der Waals surface area contributed by atoms with Crippen LogP contribution in [0.5, 0.6) is 0 Å². The third-order valence-corrected chi connectivity index (χ3v) is 4.19. The summed E-state index contributed by atoms with van der Waals surface area (Å²) in [6.45, 7) is 3.98. The summed E-state index contributed by atoms with van der Waals surface area (Å²) in [7, 11) is -4.37. The Morgan fingerprint density at radius 2 is 1.44 bits per heavy atom. The second-order valence-electron chi connectivity index (χ2n) is 4.34. The first-order chi connectivity index (χ1) is 7.37. The standard InChI is InChI=1S/C11H24O4S/c1-3-5-7-8-10-11(12,9-6-4-2)16(13,14)15/h12H,3-10H2,1-2H3,(H,13,14,15). The van der Waals surface area contributed by atoms with Gasteiger partial charge in [0.2, 0.25) is 0 Å². The van der Waals surface area contributed by atoms with E-state index in [1.807, 2.05) is 6.92 Å². The Morgan fingerprint density at radius 1 is 0.938 bits per heavy atom. The predicted molar refractivity (Wildman–Crippen MR) is 64.8 cm³/mol. The molecule has 0 radical (unpaired) electrons. The van der Waals surface area contributed by atoms with Gasteiger partial charge in [-0.15, -0.1) is 0 Å². The van der Waals surface area contributed by atoms with Crippen LogP contribution in [-0.4, -0.2) is 23.0 Å². The van der Waals surface area contributed by atoms with Crippen LogP contribution in [-0.2, 0) is 10.1 Å². The lowest BCUT2D eigenvalue weighted by molar-refractivity contribution is 0.0891. The van der Waals surface area contributed by atoms with Crippen LogP contribution in [0.1, 0.15) is 65.2 Å². The van der Waals surface area contributed by atoms with Gasteiger partial charge in [0.25, 0.3) is 10.1 Å². The summed E-state index contributed by atoms with van der Waals surface area (Å²) in [5.41, 5.74) is 0. The Hall–Kier alpha value is -0.130. The monoisotopic (exact) mass is 252 g/mol. The maximum absolute atomic E-state index is 11.1. The first-order valence-electron chi connectivity index (χ1n) is 6.06. The molecule has 0 aliphatic heterocycles. The van der Waals surface area contributed by atoms with Crippen molar-refractivity contribution in [1.29, 1.82) is 0 Å². The molecule has 1 unspecified atom stereocenters. The van der Waals surface area contributed by atoms with Gasteiger partial charge >= 0.3 is 0 Å². The molecule has 2 N–H and O–H groups in total. The number of aliphatic hydroxyl groups is 1. The molecular weight excluding hydrogens is 228 g/mol. The molecule has 0 heterocycles. The molecule has 0 aromatic rings. The van der Waals surface area contributed by atoms with Crippen molar-refractivity contribution < 1.29 is 18.1 Å². The molecule has 0 aliphatic rings. The molecule has 0 aliphatic carbocycles. The average molecular weight is 252 g/mol. The number of hydrogen-bond donors (Lipinski definition) is 2. The van der Waals surface area contributed by atoms with Gasteiger partial charge in [0, 0.05) is 0 Å². The van der Waals surface area contributed by atoms with E-state index in [4.69, 9.17) is 4.55 Å². The normalized spacial score (nSPS) is 16.0. The van der Waals surface area contributed by atoms with Gasteiger partial charge in [-0.3, -0.25) is 4.55 Å². The molecule has 4 nitrogen and oxygen atoms in total. The number of hydrogen-bond acceptors (Lipinski definition) is 3. The quantitative estimate of drug-likeness (QED) is 0.489. The van der Waals surface area contributed by atoms with Gasteiger partial charge in [-0.05, 0) is 25.7 Å². The lowest BCUT2D eigenvalue weighted by Crippen LogP contribution is -2.38. The molecule has 0 amide bonds. The molecule has 0 spiro atoms. The smallest absolute Gasteiger partial charge is 0.294 e. The fourth-order valence-corrected chi connectivity index (χ4v) is 2.47. The maximum Gasteiger partial charge on any atom is 0.294 e. The molecule has 0 aromatic heterocycles. The summed E-state index contributed by atoms with van der Waals surface area (Å²) in [6.07, 6.45) is 5.25. The van der Waals surface area contributed by atoms with Crippen molar-refractivity contribution in [2.24, 2.45) is 0 Å². The van der Waals surface area contributed by atoms with Gasteiger partial charge in [0.15, 0.2) is 4.93 Å². The van der Waals surface area contributed by atoms with Crippen LogP contribution in [0, 0.1) is 0 Å². The van der Waals surface area contributed by atoms with E-state index in [2.05, 4.69) is 6.92 Å². The largest absolute Gasteiger partial charge is 0.372 e. The fourth-order valence-electron chi connectivity index (χ4n) is 1.66. The fraction of sp³-hybridized carbons (Fsp3) is 1.00. The maximum atomic E-state index is 11.1. The van der Waals surface area contributed by atoms with E-state index in [0.29, 0.717) is 12.8 Å². The molecule has 0 saturated heterocycles. The molecule has 0 bridgehead atoms. The zero-order valence-corrected chi connectivity index (χ0v) is 11.1. The minimum Gasteiger partial charge on any atom is -0.372 e. The zero-order chi connectivity index (χ0) is 12.7. The van der Waals surface area contributed by atoms with Crippen molar-refractivity contribution in [3.8, 4) is 0 Å². The van der Waals surface area contributed by atoms with Crippen molar-refractivity contribution in [2.75, 3.05) is 0 Å². The Balaban J connectivity index is 4.32. The van der Waals surface area contributed by atoms with E-state index in [1.54, 1.807) is 0 Å². The third-order valence-electron chi connectivity index (χ3n) is 2.82. The van der Waals surface area contributed by atoms with Crippen LogP contribution >= 0.6 is 0 Å². The highest BCUT2D eigenvalue weighted by Gasteiger charge is 2.39. The zero-order valence-electron chi connectivity index (χ0n) is 10.3. The summed E-state index contributed by atoms with van der Waals surface area (Å²) in [5, 5.41) is 9.94. The molecule has 0 fully saturated rings. The van der Waals surface area contributed by atoms with Gasteiger partial charge in [-0.25, -0.2) is 0 Å². The molecule has 1 atom stereocenters. The number of unbranched alkanes of at least 4 members (excludes halogenated alkanes) is 4. The molecule has 5 heteroatoms. The summed E-state index contributed by atoms with van der Waals surface area (Å²) in [6, 6.07) is 0. The molecule has 16 heavy (non-hydrogen) atoms. The van der Waals surface area contributed by atoms with Crippen molar-refractivity contribution in [3.05, 3.63) is 0 Å². The first-order valence-corrected chi connectivity index (χ1v) is 7.51. The average Bonchev–Trinajstić information content (AvgIpc) is 2.20. The predicted octanol–water partition coefficient (Wildman–Crippen LogP) is 2.72. The Kier molecular flexibility index (Phi) is 7.19. The summed E-state index contributed by atoms with van der Waals surface area (Å²) in [5.74, 6) is 0. The van der Waals surface area contributed by atoms with E-state index in [9.17, 15) is 13.5 Å². The van der Waals surface area contributed by atoms with Gasteiger partial charge in [0.05, 0.1) is 0 Å². The topological polar surface area (TPSA) is 74.6 Å². The van der Waals surface area contributed by atoms with Crippen LogP contribution in [0.3, 0.4) is 0 Å². The van der Waals surface area contributed by atoms with Crippen LogP contribution in [0.2, 0.25) is 0 Å². The second kappa shape index (κ2) is 7.25. The lowest BCUT2D eigenvalue weighted by Gasteiger charge is -2.24. The Morgan fingerprint density at radius 3 is 1.88 bits per heavy atom. The summed E-state index contributed by atoms with van der Waals surface area (Å²) >= 11 is 0. The summed E-state index contributed by atoms with van der Waals surface area (Å²) in [4.78, 5) is -1.93. The van der Waals surface area contributed by atoms with E-state index in [0.717, 1.165) is 25.7 Å². The van der Waals surface area contributed by atoms with E-state index in [1.165, 1.54) is 0 Å².